The summed E-state index contributed by atoms with van der Waals surface area (Å²) in [5.74, 6) is -6.24. The summed E-state index contributed by atoms with van der Waals surface area (Å²) in [5.41, 5.74) is 0.752. The molecule has 1 aromatic rings. The standard InChI is InChI=1S/C10H6BrF7N2/c11-7-3-1-6(2-4-7)5-19-20-10(17,18)8(12,13)9(14,15)16/h1-5,20H/b19-5+. The SMILES string of the molecule is FC(F)(F)C(F)(F)C(F)(F)N/N=C/c1ccc(Br)cc1. The maximum absolute atomic E-state index is 12.8. The van der Waals surface area contributed by atoms with Crippen molar-refractivity contribution in [3.05, 3.63) is 34.3 Å². The summed E-state index contributed by atoms with van der Waals surface area (Å²) in [6.07, 6.45) is -5.70. The zero-order valence-electron chi connectivity index (χ0n) is 9.36. The molecule has 1 rings (SSSR count). The van der Waals surface area contributed by atoms with E-state index in [9.17, 15) is 30.7 Å². The zero-order chi connectivity index (χ0) is 15.6. The monoisotopic (exact) mass is 366 g/mol. The molecule has 0 aromatic heterocycles. The Hall–Kier alpha value is -1.32. The molecule has 0 spiro atoms. The van der Waals surface area contributed by atoms with Gasteiger partial charge in [0.1, 0.15) is 0 Å². The zero-order valence-corrected chi connectivity index (χ0v) is 10.9. The van der Waals surface area contributed by atoms with Crippen LogP contribution >= 0.6 is 15.9 Å². The molecule has 0 atom stereocenters. The van der Waals surface area contributed by atoms with Gasteiger partial charge in [-0.1, -0.05) is 28.1 Å². The number of nitrogens with zero attached hydrogens (tertiary/aromatic N) is 1. The molecule has 2 nitrogen and oxygen atoms in total. The van der Waals surface area contributed by atoms with Crippen LogP contribution in [0.25, 0.3) is 0 Å². The van der Waals surface area contributed by atoms with Gasteiger partial charge in [0.05, 0.1) is 6.21 Å². The molecular formula is C10H6BrF7N2. The fourth-order valence-corrected chi connectivity index (χ4v) is 1.25. The lowest BCUT2D eigenvalue weighted by molar-refractivity contribution is -0.361. The molecule has 10 heteroatoms. The smallest absolute Gasteiger partial charge is 0.242 e. The van der Waals surface area contributed by atoms with E-state index in [0.29, 0.717) is 16.1 Å². The molecule has 0 radical (unpaired) electrons. The molecule has 1 aromatic carbocycles. The lowest BCUT2D eigenvalue weighted by atomic mass is 10.2. The Labute approximate surface area is 116 Å². The van der Waals surface area contributed by atoms with Gasteiger partial charge in [0.25, 0.3) is 0 Å². The van der Waals surface area contributed by atoms with Crippen LogP contribution in [0.5, 0.6) is 0 Å². The Kier molecular flexibility index (Phi) is 4.67. The van der Waals surface area contributed by atoms with Crippen LogP contribution in [0, 0.1) is 0 Å². The highest BCUT2D eigenvalue weighted by Crippen LogP contribution is 2.44. The first-order valence-electron chi connectivity index (χ1n) is 4.85. The third kappa shape index (κ3) is 3.62. The van der Waals surface area contributed by atoms with Crippen LogP contribution in [0.3, 0.4) is 0 Å². The van der Waals surface area contributed by atoms with E-state index in [-0.39, 0.29) is 5.56 Å². The Morgan fingerprint density at radius 1 is 0.950 bits per heavy atom. The highest BCUT2D eigenvalue weighted by atomic mass is 79.9. The number of hydrazone groups is 1. The molecule has 1 N–H and O–H groups in total. The largest absolute Gasteiger partial charge is 0.462 e. The lowest BCUT2D eigenvalue weighted by Gasteiger charge is -2.27. The second kappa shape index (κ2) is 5.58. The molecule has 0 bridgehead atoms. The molecule has 0 aliphatic heterocycles. The molecule has 0 saturated carbocycles. The quantitative estimate of drug-likeness (QED) is 0.368. The van der Waals surface area contributed by atoms with E-state index in [1.165, 1.54) is 24.3 Å². The molecule has 0 amide bonds. The third-order valence-corrected chi connectivity index (χ3v) is 2.57. The summed E-state index contributed by atoms with van der Waals surface area (Å²) in [6.45, 7) is 0. The summed E-state index contributed by atoms with van der Waals surface area (Å²) in [6, 6.07) is 0.218. The molecule has 20 heavy (non-hydrogen) atoms. The molecule has 0 heterocycles. The van der Waals surface area contributed by atoms with Crippen LogP contribution in [0.2, 0.25) is 0 Å². The number of alkyl halides is 7. The van der Waals surface area contributed by atoms with Crippen LogP contribution in [0.4, 0.5) is 30.7 Å². The molecule has 112 valence electrons. The second-order valence-corrected chi connectivity index (χ2v) is 4.48. The van der Waals surface area contributed by atoms with Gasteiger partial charge < -0.3 is 0 Å². The van der Waals surface area contributed by atoms with Crippen molar-refractivity contribution in [2.24, 2.45) is 5.10 Å². The third-order valence-electron chi connectivity index (χ3n) is 2.04. The summed E-state index contributed by atoms with van der Waals surface area (Å²) in [4.78, 5) is 0. The first-order valence-corrected chi connectivity index (χ1v) is 5.65. The van der Waals surface area contributed by atoms with Gasteiger partial charge in [0.2, 0.25) is 0 Å². The van der Waals surface area contributed by atoms with E-state index in [1.807, 2.05) is 0 Å². The van der Waals surface area contributed by atoms with Gasteiger partial charge in [-0.2, -0.15) is 35.8 Å². The highest BCUT2D eigenvalue weighted by Gasteiger charge is 2.73. The van der Waals surface area contributed by atoms with Crippen LogP contribution in [-0.4, -0.2) is 24.4 Å². The Morgan fingerprint density at radius 3 is 1.90 bits per heavy atom. The molecule has 0 fully saturated rings. The highest BCUT2D eigenvalue weighted by molar-refractivity contribution is 9.10. The van der Waals surface area contributed by atoms with Crippen LogP contribution < -0.4 is 5.43 Å². The summed E-state index contributed by atoms with van der Waals surface area (Å²) >= 11 is 3.09. The second-order valence-electron chi connectivity index (χ2n) is 3.57. The van der Waals surface area contributed by atoms with E-state index in [2.05, 4.69) is 21.0 Å². The number of hydrogen-bond donors (Lipinski definition) is 1. The van der Waals surface area contributed by atoms with Gasteiger partial charge in [-0.3, -0.25) is 0 Å². The van der Waals surface area contributed by atoms with Crippen LogP contribution in [0.1, 0.15) is 5.56 Å². The fourth-order valence-electron chi connectivity index (χ4n) is 0.985. The summed E-state index contributed by atoms with van der Waals surface area (Å²) in [7, 11) is 0. The van der Waals surface area contributed by atoms with Crippen molar-refractivity contribution in [3.63, 3.8) is 0 Å². The Balaban J connectivity index is 2.79. The topological polar surface area (TPSA) is 24.4 Å². The van der Waals surface area contributed by atoms with Crippen molar-refractivity contribution in [1.82, 2.24) is 5.43 Å². The van der Waals surface area contributed by atoms with E-state index < -0.39 is 18.1 Å². The average molecular weight is 367 g/mol. The predicted octanol–water partition coefficient (Wildman–Crippen LogP) is 4.16. The molecule has 0 saturated heterocycles. The summed E-state index contributed by atoms with van der Waals surface area (Å²) < 4.78 is 86.5. The van der Waals surface area contributed by atoms with E-state index in [1.54, 1.807) is 0 Å². The molecular weight excluding hydrogens is 361 g/mol. The van der Waals surface area contributed by atoms with Crippen molar-refractivity contribution in [2.75, 3.05) is 0 Å². The Bertz CT molecular complexity index is 481. The van der Waals surface area contributed by atoms with Gasteiger partial charge in [-0.15, -0.1) is 0 Å². The number of rotatable bonds is 4. The van der Waals surface area contributed by atoms with Gasteiger partial charge in [0, 0.05) is 4.47 Å². The molecule has 0 aliphatic rings. The van der Waals surface area contributed by atoms with Crippen molar-refractivity contribution >= 4 is 22.1 Å². The number of nitrogens with one attached hydrogen (secondary N) is 1. The fraction of sp³-hybridized carbons (Fsp3) is 0.300. The first kappa shape index (κ1) is 16.7. The van der Waals surface area contributed by atoms with Gasteiger partial charge in [0.15, 0.2) is 0 Å². The van der Waals surface area contributed by atoms with E-state index in [4.69, 9.17) is 0 Å². The normalized spacial score (nSPS) is 13.8. The first-order chi connectivity index (χ1) is 8.97. The number of hydrogen-bond acceptors (Lipinski definition) is 2. The van der Waals surface area contributed by atoms with E-state index in [0.717, 1.165) is 0 Å². The maximum atomic E-state index is 12.8. The van der Waals surface area contributed by atoms with Crippen LogP contribution in [-0.2, 0) is 0 Å². The molecule has 0 unspecified atom stereocenters. The van der Waals surface area contributed by atoms with Gasteiger partial charge in [-0.05, 0) is 17.7 Å². The van der Waals surface area contributed by atoms with Crippen molar-refractivity contribution < 1.29 is 30.7 Å². The van der Waals surface area contributed by atoms with Crippen molar-refractivity contribution in [2.45, 2.75) is 18.1 Å². The van der Waals surface area contributed by atoms with Crippen molar-refractivity contribution in [3.8, 4) is 0 Å². The minimum absolute atomic E-state index is 0.229. The predicted molar refractivity (Wildman–Crippen MR) is 60.8 cm³/mol. The number of benzene rings is 1. The van der Waals surface area contributed by atoms with Gasteiger partial charge >= 0.3 is 18.1 Å². The molecule has 0 aliphatic carbocycles. The number of halogens is 8. The Morgan fingerprint density at radius 2 is 1.45 bits per heavy atom. The maximum Gasteiger partial charge on any atom is 0.462 e. The van der Waals surface area contributed by atoms with Crippen molar-refractivity contribution in [1.29, 1.82) is 0 Å². The minimum atomic E-state index is -6.39. The van der Waals surface area contributed by atoms with Crippen LogP contribution in [0.15, 0.2) is 33.8 Å². The van der Waals surface area contributed by atoms with Gasteiger partial charge in [-0.25, -0.2) is 5.43 Å². The van der Waals surface area contributed by atoms with E-state index >= 15 is 0 Å². The summed E-state index contributed by atoms with van der Waals surface area (Å²) in [5, 5.41) is 2.70. The minimum Gasteiger partial charge on any atom is -0.242 e. The average Bonchev–Trinajstić information content (AvgIpc) is 2.30. The lowest BCUT2D eigenvalue weighted by Crippen LogP contribution is -2.58.